The van der Waals surface area contributed by atoms with Crippen LogP contribution < -0.4 is 4.90 Å². The van der Waals surface area contributed by atoms with Gasteiger partial charge < -0.3 is 14.4 Å². The SMILES string of the molecule is COC(=O)N1c2ccc3c(nc(C(C)Cc4cnccn4)n3C3CCC(C(=O)O)CC3)c2CC[C@@H]1C. The van der Waals surface area contributed by atoms with Crippen LogP contribution in [0.25, 0.3) is 11.0 Å². The molecule has 0 spiro atoms. The highest BCUT2D eigenvalue weighted by Crippen LogP contribution is 2.41. The Labute approximate surface area is 210 Å². The van der Waals surface area contributed by atoms with Gasteiger partial charge in [-0.25, -0.2) is 9.78 Å². The predicted molar refractivity (Wildman–Crippen MR) is 135 cm³/mol. The number of anilines is 1. The van der Waals surface area contributed by atoms with Crippen molar-refractivity contribution in [2.45, 2.75) is 76.8 Å². The number of hydrogen-bond acceptors (Lipinski definition) is 6. The van der Waals surface area contributed by atoms with E-state index in [4.69, 9.17) is 9.72 Å². The van der Waals surface area contributed by atoms with Crippen molar-refractivity contribution in [2.24, 2.45) is 5.92 Å². The smallest absolute Gasteiger partial charge is 0.414 e. The number of aromatic nitrogens is 4. The summed E-state index contributed by atoms with van der Waals surface area (Å²) in [5, 5.41) is 9.50. The van der Waals surface area contributed by atoms with E-state index in [0.717, 1.165) is 59.5 Å². The topological polar surface area (TPSA) is 110 Å². The number of ether oxygens (including phenoxy) is 1. The molecule has 5 rings (SSSR count). The van der Waals surface area contributed by atoms with Gasteiger partial charge >= 0.3 is 12.1 Å². The number of aliphatic carboxylic acids is 1. The number of rotatable bonds is 5. The third-order valence-corrected chi connectivity index (χ3v) is 7.84. The molecule has 190 valence electrons. The monoisotopic (exact) mass is 491 g/mol. The summed E-state index contributed by atoms with van der Waals surface area (Å²) in [4.78, 5) is 39.8. The first-order valence-electron chi connectivity index (χ1n) is 12.8. The Morgan fingerprint density at radius 3 is 2.61 bits per heavy atom. The van der Waals surface area contributed by atoms with Crippen LogP contribution in [0.5, 0.6) is 0 Å². The molecule has 9 heteroatoms. The van der Waals surface area contributed by atoms with Crippen molar-refractivity contribution in [1.29, 1.82) is 0 Å². The van der Waals surface area contributed by atoms with Crippen LogP contribution in [-0.2, 0) is 22.4 Å². The number of imidazole rings is 1. The summed E-state index contributed by atoms with van der Waals surface area (Å²) >= 11 is 0. The van der Waals surface area contributed by atoms with E-state index >= 15 is 0 Å². The number of aryl methyl sites for hydroxylation is 1. The lowest BCUT2D eigenvalue weighted by Crippen LogP contribution is -2.42. The zero-order valence-electron chi connectivity index (χ0n) is 21.1. The number of benzene rings is 1. The molecule has 1 amide bonds. The minimum absolute atomic E-state index is 0.0471. The van der Waals surface area contributed by atoms with Crippen LogP contribution in [0.2, 0.25) is 0 Å². The highest BCUT2D eigenvalue weighted by atomic mass is 16.5. The summed E-state index contributed by atoms with van der Waals surface area (Å²) in [5.74, 6) is 0.0814. The number of methoxy groups -OCH3 is 1. The van der Waals surface area contributed by atoms with E-state index in [0.29, 0.717) is 19.3 Å². The molecule has 0 saturated heterocycles. The maximum Gasteiger partial charge on any atom is 0.414 e. The van der Waals surface area contributed by atoms with Crippen LogP contribution >= 0.6 is 0 Å². The Morgan fingerprint density at radius 2 is 1.94 bits per heavy atom. The van der Waals surface area contributed by atoms with Crippen molar-refractivity contribution in [2.75, 3.05) is 12.0 Å². The van der Waals surface area contributed by atoms with Crippen molar-refractivity contribution in [3.63, 3.8) is 0 Å². The van der Waals surface area contributed by atoms with Gasteiger partial charge in [0, 0.05) is 48.6 Å². The molecule has 36 heavy (non-hydrogen) atoms. The second-order valence-corrected chi connectivity index (χ2v) is 10.1. The standard InChI is InChI=1S/C27H33N5O4/c1-16(14-19-15-28-12-13-29-19)25-30-24-21-9-4-17(2)31(27(35)36-3)22(21)10-11-23(24)32(25)20-7-5-18(6-8-20)26(33)34/h10-13,15-18,20H,4-9,14H2,1-3H3,(H,33,34)/t16?,17-,18?,20?/m0/s1. The predicted octanol–water partition coefficient (Wildman–Crippen LogP) is 4.90. The van der Waals surface area contributed by atoms with Crippen LogP contribution in [0, 0.1) is 5.92 Å². The van der Waals surface area contributed by atoms with Crippen LogP contribution in [0.4, 0.5) is 10.5 Å². The van der Waals surface area contributed by atoms with Crippen molar-refractivity contribution in [3.8, 4) is 0 Å². The number of carboxylic acids is 1. The highest BCUT2D eigenvalue weighted by molar-refractivity contribution is 5.95. The Morgan fingerprint density at radius 1 is 1.17 bits per heavy atom. The largest absolute Gasteiger partial charge is 0.481 e. The van der Waals surface area contributed by atoms with Crippen LogP contribution in [0.1, 0.15) is 75.0 Å². The second kappa shape index (κ2) is 9.87. The number of nitrogens with zero attached hydrogens (tertiary/aromatic N) is 5. The summed E-state index contributed by atoms with van der Waals surface area (Å²) in [7, 11) is 1.41. The molecule has 1 aliphatic carbocycles. The van der Waals surface area contributed by atoms with Crippen molar-refractivity contribution in [3.05, 3.63) is 47.8 Å². The van der Waals surface area contributed by atoms with Gasteiger partial charge in [-0.3, -0.25) is 19.7 Å². The molecule has 0 bridgehead atoms. The molecule has 1 saturated carbocycles. The van der Waals surface area contributed by atoms with Gasteiger partial charge in [0.15, 0.2) is 0 Å². The molecule has 1 unspecified atom stereocenters. The van der Waals surface area contributed by atoms with Gasteiger partial charge in [-0.15, -0.1) is 0 Å². The van der Waals surface area contributed by atoms with E-state index in [9.17, 15) is 14.7 Å². The first-order valence-corrected chi connectivity index (χ1v) is 12.8. The number of carbonyl (C=O) groups is 2. The second-order valence-electron chi connectivity index (χ2n) is 10.1. The van der Waals surface area contributed by atoms with Crippen molar-refractivity contribution in [1.82, 2.24) is 19.5 Å². The lowest BCUT2D eigenvalue weighted by molar-refractivity contribution is -0.143. The number of amides is 1. The molecule has 1 fully saturated rings. The molecule has 3 heterocycles. The Balaban J connectivity index is 1.60. The van der Waals surface area contributed by atoms with E-state index < -0.39 is 5.97 Å². The molecule has 1 N–H and O–H groups in total. The Hall–Kier alpha value is -3.49. The van der Waals surface area contributed by atoms with Crippen molar-refractivity contribution >= 4 is 28.8 Å². The number of carbonyl (C=O) groups excluding carboxylic acids is 1. The number of hydrogen-bond donors (Lipinski definition) is 1. The molecule has 1 aromatic carbocycles. The maximum atomic E-state index is 12.6. The quantitative estimate of drug-likeness (QED) is 0.541. The summed E-state index contributed by atoms with van der Waals surface area (Å²) in [5.41, 5.74) is 4.82. The molecule has 3 aromatic rings. The molecule has 9 nitrogen and oxygen atoms in total. The molecule has 2 atom stereocenters. The summed E-state index contributed by atoms with van der Waals surface area (Å²) in [6.45, 7) is 4.20. The Kier molecular flexibility index (Phi) is 6.64. The molecule has 2 aromatic heterocycles. The van der Waals surface area contributed by atoms with Gasteiger partial charge in [0.2, 0.25) is 0 Å². The molecular formula is C27H33N5O4. The highest BCUT2D eigenvalue weighted by Gasteiger charge is 2.34. The number of fused-ring (bicyclic) bond motifs is 3. The first-order chi connectivity index (χ1) is 17.4. The van der Waals surface area contributed by atoms with Crippen molar-refractivity contribution < 1.29 is 19.4 Å². The third-order valence-electron chi connectivity index (χ3n) is 7.84. The molecule has 2 aliphatic rings. The van der Waals surface area contributed by atoms with E-state index in [1.54, 1.807) is 23.5 Å². The van der Waals surface area contributed by atoms with E-state index in [1.165, 1.54) is 7.11 Å². The van der Waals surface area contributed by atoms with Crippen LogP contribution in [-0.4, -0.2) is 49.8 Å². The molecule has 1 aliphatic heterocycles. The van der Waals surface area contributed by atoms with E-state index in [2.05, 4.69) is 27.5 Å². The minimum Gasteiger partial charge on any atom is -0.481 e. The van der Waals surface area contributed by atoms with Gasteiger partial charge in [0.1, 0.15) is 5.82 Å². The first kappa shape index (κ1) is 24.2. The fourth-order valence-corrected chi connectivity index (χ4v) is 5.95. The fraction of sp³-hybridized carbons (Fsp3) is 0.519. The van der Waals surface area contributed by atoms with E-state index in [-0.39, 0.29) is 30.0 Å². The Bertz CT molecular complexity index is 1270. The number of carboxylic acid groups (broad SMARTS) is 1. The van der Waals surface area contributed by atoms with Gasteiger partial charge in [-0.05, 0) is 57.6 Å². The van der Waals surface area contributed by atoms with E-state index in [1.807, 2.05) is 13.0 Å². The zero-order valence-corrected chi connectivity index (χ0v) is 21.1. The zero-order chi connectivity index (χ0) is 25.4. The summed E-state index contributed by atoms with van der Waals surface area (Å²) < 4.78 is 7.43. The normalized spacial score (nSPS) is 22.8. The summed E-state index contributed by atoms with van der Waals surface area (Å²) in [6, 6.07) is 4.31. The lowest BCUT2D eigenvalue weighted by atomic mass is 9.85. The lowest BCUT2D eigenvalue weighted by Gasteiger charge is -2.34. The molecule has 0 radical (unpaired) electrons. The van der Waals surface area contributed by atoms with Gasteiger partial charge in [0.05, 0.1) is 35.4 Å². The summed E-state index contributed by atoms with van der Waals surface area (Å²) in [6.07, 6.45) is 10.1. The average molecular weight is 492 g/mol. The third kappa shape index (κ3) is 4.31. The van der Waals surface area contributed by atoms with Gasteiger partial charge in [-0.2, -0.15) is 0 Å². The molecular weight excluding hydrogens is 458 g/mol. The van der Waals surface area contributed by atoms with Gasteiger partial charge in [-0.1, -0.05) is 6.92 Å². The van der Waals surface area contributed by atoms with Gasteiger partial charge in [0.25, 0.3) is 0 Å². The minimum atomic E-state index is -0.703. The van der Waals surface area contributed by atoms with Crippen LogP contribution in [0.3, 0.4) is 0 Å². The maximum absolute atomic E-state index is 12.6. The van der Waals surface area contributed by atoms with Crippen LogP contribution in [0.15, 0.2) is 30.7 Å². The fourth-order valence-electron chi connectivity index (χ4n) is 5.95. The average Bonchev–Trinajstić information content (AvgIpc) is 3.29.